The van der Waals surface area contributed by atoms with Crippen molar-refractivity contribution in [3.8, 4) is 0 Å². The summed E-state index contributed by atoms with van der Waals surface area (Å²) in [7, 11) is 0. The summed E-state index contributed by atoms with van der Waals surface area (Å²) in [6.07, 6.45) is 1.47. The molecule has 0 aliphatic heterocycles. The number of esters is 1. The summed E-state index contributed by atoms with van der Waals surface area (Å²) in [6, 6.07) is 12.7. The quantitative estimate of drug-likeness (QED) is 0.322. The predicted octanol–water partition coefficient (Wildman–Crippen LogP) is 4.37. The van der Waals surface area contributed by atoms with Gasteiger partial charge in [-0.1, -0.05) is 54.6 Å². The number of ether oxygens (including phenoxy) is 2. The predicted molar refractivity (Wildman–Crippen MR) is 167 cm³/mol. The second-order valence-corrected chi connectivity index (χ2v) is 13.3. The molecule has 3 amide bonds. The fraction of sp³-hybridized carbons (Fsp3) is 0.529. The molecule has 1 aliphatic rings. The minimum Gasteiger partial charge on any atom is -0.458 e. The molecular formula is C34H47N3O7. The number of aryl methyl sites for hydroxylation is 1. The Balaban J connectivity index is 2.03. The summed E-state index contributed by atoms with van der Waals surface area (Å²) in [5.74, 6) is -1.79. The van der Waals surface area contributed by atoms with Gasteiger partial charge in [0.2, 0.25) is 11.8 Å². The first-order chi connectivity index (χ1) is 20.6. The number of carbonyl (C=O) groups is 4. The first-order valence-corrected chi connectivity index (χ1v) is 15.1. The lowest BCUT2D eigenvalue weighted by Crippen LogP contribution is -2.59. The Kier molecular flexibility index (Phi) is 11.6. The van der Waals surface area contributed by atoms with Crippen LogP contribution in [0.1, 0.15) is 83.5 Å². The number of nitrogens with zero attached hydrogens (tertiary/aromatic N) is 1. The monoisotopic (exact) mass is 609 g/mol. The van der Waals surface area contributed by atoms with Crippen LogP contribution in [0.3, 0.4) is 0 Å². The van der Waals surface area contributed by atoms with E-state index in [-0.39, 0.29) is 12.5 Å². The van der Waals surface area contributed by atoms with Gasteiger partial charge in [0.25, 0.3) is 0 Å². The summed E-state index contributed by atoms with van der Waals surface area (Å²) in [6.45, 7) is 11.5. The van der Waals surface area contributed by atoms with Crippen molar-refractivity contribution in [2.24, 2.45) is 0 Å². The van der Waals surface area contributed by atoms with Crippen LogP contribution < -0.4 is 10.6 Å². The second kappa shape index (κ2) is 14.7. The normalized spacial score (nSPS) is 15.6. The highest BCUT2D eigenvalue weighted by atomic mass is 16.6. The van der Waals surface area contributed by atoms with E-state index in [0.717, 1.165) is 17.5 Å². The van der Waals surface area contributed by atoms with E-state index >= 15 is 0 Å². The smallest absolute Gasteiger partial charge is 0.408 e. The number of amides is 3. The molecular weight excluding hydrogens is 562 g/mol. The van der Waals surface area contributed by atoms with Crippen molar-refractivity contribution >= 4 is 23.9 Å². The van der Waals surface area contributed by atoms with E-state index < -0.39 is 59.8 Å². The summed E-state index contributed by atoms with van der Waals surface area (Å²) in [5, 5.41) is 15.6. The molecule has 0 spiro atoms. The van der Waals surface area contributed by atoms with Crippen LogP contribution in [-0.4, -0.2) is 69.8 Å². The molecule has 1 fully saturated rings. The minimum atomic E-state index is -1.35. The number of benzene rings is 2. The fourth-order valence-electron chi connectivity index (χ4n) is 4.98. The second-order valence-electron chi connectivity index (χ2n) is 13.3. The molecule has 0 heterocycles. The summed E-state index contributed by atoms with van der Waals surface area (Å²) in [4.78, 5) is 56.0. The zero-order chi connectivity index (χ0) is 32.7. The van der Waals surface area contributed by atoms with E-state index in [0.29, 0.717) is 18.4 Å². The highest BCUT2D eigenvalue weighted by molar-refractivity contribution is 5.94. The first kappa shape index (κ1) is 34.6. The number of hydrogen-bond donors (Lipinski definition) is 3. The number of nitrogens with one attached hydrogen (secondary N) is 2. The van der Waals surface area contributed by atoms with Crippen molar-refractivity contribution in [1.29, 1.82) is 0 Å². The maximum atomic E-state index is 14.4. The lowest BCUT2D eigenvalue weighted by molar-refractivity contribution is -0.159. The topological polar surface area (TPSA) is 134 Å². The molecule has 1 aliphatic carbocycles. The van der Waals surface area contributed by atoms with E-state index in [2.05, 4.69) is 10.6 Å². The Bertz CT molecular complexity index is 1300. The highest BCUT2D eigenvalue weighted by Crippen LogP contribution is 2.35. The van der Waals surface area contributed by atoms with Crippen LogP contribution >= 0.6 is 0 Å². The maximum absolute atomic E-state index is 14.4. The summed E-state index contributed by atoms with van der Waals surface area (Å²) in [5.41, 5.74) is 0.552. The van der Waals surface area contributed by atoms with Gasteiger partial charge in [-0.2, -0.15) is 0 Å². The molecule has 0 aromatic heterocycles. The van der Waals surface area contributed by atoms with Crippen LogP contribution in [0.25, 0.3) is 0 Å². The van der Waals surface area contributed by atoms with Gasteiger partial charge in [0.05, 0.1) is 6.61 Å². The third kappa shape index (κ3) is 9.80. The lowest BCUT2D eigenvalue weighted by Gasteiger charge is -2.44. The molecule has 44 heavy (non-hydrogen) atoms. The van der Waals surface area contributed by atoms with Crippen LogP contribution in [0.2, 0.25) is 0 Å². The van der Waals surface area contributed by atoms with Gasteiger partial charge in [-0.15, -0.1) is 0 Å². The van der Waals surface area contributed by atoms with E-state index in [1.54, 1.807) is 53.7 Å². The first-order valence-electron chi connectivity index (χ1n) is 15.1. The van der Waals surface area contributed by atoms with Crippen LogP contribution in [0.4, 0.5) is 4.79 Å². The molecule has 3 unspecified atom stereocenters. The zero-order valence-corrected chi connectivity index (χ0v) is 26.9. The van der Waals surface area contributed by atoms with Crippen molar-refractivity contribution in [1.82, 2.24) is 15.5 Å². The molecule has 1 saturated carbocycles. The van der Waals surface area contributed by atoms with Crippen molar-refractivity contribution in [3.05, 3.63) is 71.3 Å². The molecule has 0 saturated heterocycles. The average molecular weight is 610 g/mol. The molecule has 0 bridgehead atoms. The number of aliphatic hydroxyl groups is 1. The Hall–Kier alpha value is -3.92. The van der Waals surface area contributed by atoms with Crippen LogP contribution in [0, 0.1) is 6.92 Å². The van der Waals surface area contributed by atoms with E-state index in [1.165, 1.54) is 4.90 Å². The van der Waals surface area contributed by atoms with Crippen molar-refractivity contribution < 1.29 is 33.8 Å². The van der Waals surface area contributed by atoms with Crippen LogP contribution in [-0.2, 0) is 30.3 Å². The van der Waals surface area contributed by atoms with Crippen LogP contribution in [0.5, 0.6) is 0 Å². The molecule has 0 radical (unpaired) electrons. The van der Waals surface area contributed by atoms with Gasteiger partial charge in [0, 0.05) is 12.5 Å². The molecule has 10 nitrogen and oxygen atoms in total. The largest absolute Gasteiger partial charge is 0.458 e. The fourth-order valence-corrected chi connectivity index (χ4v) is 4.98. The SMILES string of the molecule is Cc1ccccc1C(C(=O)NC(Cc1ccccc1)C(=O)OC(C)(C)C)N(C(=O)C(CO)NC(=O)OC(C)(C)C)C1CCC1. The van der Waals surface area contributed by atoms with Gasteiger partial charge < -0.3 is 30.1 Å². The number of rotatable bonds is 11. The van der Waals surface area contributed by atoms with Gasteiger partial charge in [0.1, 0.15) is 29.3 Å². The molecule has 2 aromatic rings. The van der Waals surface area contributed by atoms with Crippen molar-refractivity contribution in [3.63, 3.8) is 0 Å². The average Bonchev–Trinajstić information content (AvgIpc) is 2.89. The number of aliphatic hydroxyl groups excluding tert-OH is 1. The Morgan fingerprint density at radius 3 is 1.98 bits per heavy atom. The van der Waals surface area contributed by atoms with Crippen LogP contribution in [0.15, 0.2) is 54.6 Å². The number of hydrogen-bond acceptors (Lipinski definition) is 7. The third-order valence-corrected chi connectivity index (χ3v) is 7.19. The highest BCUT2D eigenvalue weighted by Gasteiger charge is 2.43. The Morgan fingerprint density at radius 1 is 0.864 bits per heavy atom. The van der Waals surface area contributed by atoms with Gasteiger partial charge in [-0.05, 0) is 84.4 Å². The Morgan fingerprint density at radius 2 is 1.45 bits per heavy atom. The van der Waals surface area contributed by atoms with Gasteiger partial charge in [-0.25, -0.2) is 9.59 Å². The molecule has 240 valence electrons. The molecule has 3 N–H and O–H groups in total. The Labute approximate surface area is 260 Å². The standard InChI is InChI=1S/C34H47N3O7/c1-22-14-11-12-19-25(22)28(29(39)35-26(31(41)43-33(2,3)4)20-23-15-9-8-10-16-23)37(24-17-13-18-24)30(40)27(21-38)36-32(42)44-34(5,6)7/h8-12,14-16,19,24,26-28,38H,13,17-18,20-21H2,1-7H3,(H,35,39)(H,36,42). The molecule has 3 rings (SSSR count). The summed E-state index contributed by atoms with van der Waals surface area (Å²) < 4.78 is 11.0. The van der Waals surface area contributed by atoms with Gasteiger partial charge in [-0.3, -0.25) is 9.59 Å². The van der Waals surface area contributed by atoms with Crippen molar-refractivity contribution in [2.45, 2.75) is 110 Å². The lowest BCUT2D eigenvalue weighted by atomic mass is 9.87. The van der Waals surface area contributed by atoms with E-state index in [4.69, 9.17) is 9.47 Å². The zero-order valence-electron chi connectivity index (χ0n) is 26.9. The number of carbonyl (C=O) groups excluding carboxylic acids is 4. The maximum Gasteiger partial charge on any atom is 0.408 e. The molecule has 3 atom stereocenters. The molecule has 2 aromatic carbocycles. The van der Waals surface area contributed by atoms with Gasteiger partial charge in [0.15, 0.2) is 0 Å². The van der Waals surface area contributed by atoms with E-state index in [1.807, 2.05) is 49.4 Å². The minimum absolute atomic E-state index is 0.179. The van der Waals surface area contributed by atoms with Crippen molar-refractivity contribution in [2.75, 3.05) is 6.61 Å². The summed E-state index contributed by atoms with van der Waals surface area (Å²) >= 11 is 0. The van der Waals surface area contributed by atoms with Gasteiger partial charge >= 0.3 is 12.1 Å². The third-order valence-electron chi connectivity index (χ3n) is 7.19. The van der Waals surface area contributed by atoms with E-state index in [9.17, 15) is 24.3 Å². The number of alkyl carbamates (subject to hydrolysis) is 1. The molecule has 10 heteroatoms.